The van der Waals surface area contributed by atoms with Gasteiger partial charge in [0.2, 0.25) is 0 Å². The Labute approximate surface area is 56.7 Å². The quantitative estimate of drug-likeness (QED) is 0.450. The summed E-state index contributed by atoms with van der Waals surface area (Å²) in [4.78, 5) is 0. The monoisotopic (exact) mass is 126 g/mol. The van der Waals surface area contributed by atoms with Crippen LogP contribution in [0, 0.1) is 0 Å². The fourth-order valence-electron chi connectivity index (χ4n) is 0.495. The van der Waals surface area contributed by atoms with E-state index in [0.717, 1.165) is 12.8 Å². The van der Waals surface area contributed by atoms with Crippen molar-refractivity contribution in [3.05, 3.63) is 24.3 Å². The molecule has 0 aliphatic heterocycles. The van der Waals surface area contributed by atoms with Gasteiger partial charge in [-0.2, -0.15) is 0 Å². The summed E-state index contributed by atoms with van der Waals surface area (Å²) in [6.45, 7) is 2.27. The van der Waals surface area contributed by atoms with Crippen LogP contribution in [0.5, 0.6) is 0 Å². The van der Waals surface area contributed by atoms with E-state index in [1.165, 1.54) is 0 Å². The van der Waals surface area contributed by atoms with Crippen LogP contribution in [-0.2, 0) is 0 Å². The number of hydrogen-bond acceptors (Lipinski definition) is 1. The zero-order chi connectivity index (χ0) is 6.95. The van der Waals surface area contributed by atoms with Gasteiger partial charge in [0.05, 0.1) is 0 Å². The Hall–Kier alpha value is -0.560. The first-order chi connectivity index (χ1) is 4.41. The average molecular weight is 126 g/mol. The molecule has 0 aliphatic carbocycles. The zero-order valence-corrected chi connectivity index (χ0v) is 5.88. The van der Waals surface area contributed by atoms with Crippen molar-refractivity contribution in [1.82, 2.24) is 0 Å². The minimum Gasteiger partial charge on any atom is -0.396 e. The Morgan fingerprint density at radius 2 is 2.11 bits per heavy atom. The van der Waals surface area contributed by atoms with E-state index in [9.17, 15) is 0 Å². The van der Waals surface area contributed by atoms with Crippen LogP contribution >= 0.6 is 0 Å². The summed E-state index contributed by atoms with van der Waals surface area (Å²) in [5, 5.41) is 8.37. The van der Waals surface area contributed by atoms with Crippen LogP contribution in [0.25, 0.3) is 0 Å². The molecule has 9 heavy (non-hydrogen) atoms. The lowest BCUT2D eigenvalue weighted by molar-refractivity contribution is 0.289. The second-order valence-electron chi connectivity index (χ2n) is 1.82. The molecule has 0 unspecified atom stereocenters. The Kier molecular flexibility index (Phi) is 6.98. The molecular formula is C8H14O. The van der Waals surface area contributed by atoms with Crippen LogP contribution in [0.1, 0.15) is 19.8 Å². The molecule has 0 amide bonds. The molecule has 0 bridgehead atoms. The van der Waals surface area contributed by atoms with Crippen molar-refractivity contribution >= 4 is 0 Å². The number of hydrogen-bond donors (Lipinski definition) is 1. The number of aliphatic hydroxyl groups excluding tert-OH is 1. The minimum atomic E-state index is 0.292. The third-order valence-electron chi connectivity index (χ3n) is 0.969. The average Bonchev–Trinajstić information content (AvgIpc) is 1.89. The molecule has 0 radical (unpaired) electrons. The molecule has 0 aliphatic rings. The Bertz CT molecular complexity index is 92.7. The molecule has 0 fully saturated rings. The zero-order valence-electron chi connectivity index (χ0n) is 5.88. The predicted octanol–water partition coefficient (Wildman–Crippen LogP) is 1.89. The lowest BCUT2D eigenvalue weighted by Gasteiger charge is -1.84. The number of aliphatic hydroxyl groups is 1. The Balaban J connectivity index is 3.04. The largest absolute Gasteiger partial charge is 0.396 e. The van der Waals surface area contributed by atoms with E-state index in [-0.39, 0.29) is 0 Å². The van der Waals surface area contributed by atoms with E-state index in [0.29, 0.717) is 6.61 Å². The van der Waals surface area contributed by atoms with Crippen molar-refractivity contribution < 1.29 is 5.11 Å². The van der Waals surface area contributed by atoms with E-state index in [2.05, 4.69) is 6.08 Å². The first-order valence-electron chi connectivity index (χ1n) is 3.30. The predicted molar refractivity (Wildman–Crippen MR) is 40.3 cm³/mol. The van der Waals surface area contributed by atoms with E-state index >= 15 is 0 Å². The van der Waals surface area contributed by atoms with E-state index in [1.54, 1.807) is 0 Å². The normalized spacial score (nSPS) is 11.8. The third kappa shape index (κ3) is 7.44. The summed E-state index contributed by atoms with van der Waals surface area (Å²) in [5.74, 6) is 0. The number of rotatable bonds is 4. The molecule has 0 rings (SSSR count). The van der Waals surface area contributed by atoms with Crippen molar-refractivity contribution in [2.24, 2.45) is 0 Å². The number of allylic oxidation sites excluding steroid dienone is 4. The van der Waals surface area contributed by atoms with Gasteiger partial charge in [-0.05, 0) is 19.8 Å². The van der Waals surface area contributed by atoms with Gasteiger partial charge in [-0.15, -0.1) is 0 Å². The summed E-state index contributed by atoms with van der Waals surface area (Å²) in [6.07, 6.45) is 9.85. The summed E-state index contributed by atoms with van der Waals surface area (Å²) >= 11 is 0. The molecular weight excluding hydrogens is 112 g/mol. The maximum Gasteiger partial charge on any atom is 0.0433 e. The molecule has 0 aromatic rings. The molecule has 0 heterocycles. The van der Waals surface area contributed by atoms with Crippen molar-refractivity contribution in [2.75, 3.05) is 6.61 Å². The van der Waals surface area contributed by atoms with E-state index in [1.807, 2.05) is 25.2 Å². The van der Waals surface area contributed by atoms with Gasteiger partial charge in [0.1, 0.15) is 0 Å². The van der Waals surface area contributed by atoms with Gasteiger partial charge in [-0.1, -0.05) is 24.3 Å². The highest BCUT2D eigenvalue weighted by Crippen LogP contribution is 1.88. The van der Waals surface area contributed by atoms with Crippen molar-refractivity contribution in [3.63, 3.8) is 0 Å². The highest BCUT2D eigenvalue weighted by molar-refractivity contribution is 5.00. The smallest absolute Gasteiger partial charge is 0.0433 e. The first-order valence-corrected chi connectivity index (χ1v) is 3.30. The number of unbranched alkanes of at least 4 members (excludes halogenated alkanes) is 1. The highest BCUT2D eigenvalue weighted by Gasteiger charge is 1.75. The second-order valence-corrected chi connectivity index (χ2v) is 1.82. The van der Waals surface area contributed by atoms with E-state index in [4.69, 9.17) is 5.11 Å². The van der Waals surface area contributed by atoms with Crippen LogP contribution in [-0.4, -0.2) is 11.7 Å². The molecule has 1 heteroatoms. The molecule has 0 aromatic heterocycles. The summed E-state index contributed by atoms with van der Waals surface area (Å²) < 4.78 is 0. The fraction of sp³-hybridized carbons (Fsp3) is 0.500. The maximum absolute atomic E-state index is 8.37. The van der Waals surface area contributed by atoms with Crippen molar-refractivity contribution in [3.8, 4) is 0 Å². The topological polar surface area (TPSA) is 20.2 Å². The molecule has 0 saturated carbocycles. The fourth-order valence-corrected chi connectivity index (χ4v) is 0.495. The van der Waals surface area contributed by atoms with Gasteiger partial charge in [0, 0.05) is 6.61 Å². The molecule has 0 aromatic carbocycles. The molecule has 1 nitrogen and oxygen atoms in total. The van der Waals surface area contributed by atoms with Crippen molar-refractivity contribution in [1.29, 1.82) is 0 Å². The van der Waals surface area contributed by atoms with Gasteiger partial charge in [-0.25, -0.2) is 0 Å². The lowest BCUT2D eigenvalue weighted by Crippen LogP contribution is -1.77. The highest BCUT2D eigenvalue weighted by atomic mass is 16.2. The van der Waals surface area contributed by atoms with Gasteiger partial charge in [0.15, 0.2) is 0 Å². The van der Waals surface area contributed by atoms with E-state index < -0.39 is 0 Å². The van der Waals surface area contributed by atoms with Crippen LogP contribution < -0.4 is 0 Å². The second kappa shape index (κ2) is 7.44. The molecule has 0 saturated heterocycles. The van der Waals surface area contributed by atoms with Crippen molar-refractivity contribution in [2.45, 2.75) is 19.8 Å². The Morgan fingerprint density at radius 1 is 1.33 bits per heavy atom. The molecule has 0 atom stereocenters. The summed E-state index contributed by atoms with van der Waals surface area (Å²) in [5.41, 5.74) is 0. The Morgan fingerprint density at radius 3 is 2.67 bits per heavy atom. The SMILES string of the molecule is C/C=C/C=C/CCCO. The maximum atomic E-state index is 8.37. The molecule has 52 valence electrons. The van der Waals surface area contributed by atoms with Gasteiger partial charge >= 0.3 is 0 Å². The van der Waals surface area contributed by atoms with Gasteiger partial charge in [0.25, 0.3) is 0 Å². The van der Waals surface area contributed by atoms with Gasteiger partial charge < -0.3 is 5.11 Å². The van der Waals surface area contributed by atoms with Gasteiger partial charge in [-0.3, -0.25) is 0 Å². The van der Waals surface area contributed by atoms with Crippen LogP contribution in [0.15, 0.2) is 24.3 Å². The minimum absolute atomic E-state index is 0.292. The lowest BCUT2D eigenvalue weighted by atomic mass is 10.3. The van der Waals surface area contributed by atoms with Crippen LogP contribution in [0.3, 0.4) is 0 Å². The first kappa shape index (κ1) is 8.44. The van der Waals surface area contributed by atoms with Crippen LogP contribution in [0.2, 0.25) is 0 Å². The molecule has 1 N–H and O–H groups in total. The summed E-state index contributed by atoms with van der Waals surface area (Å²) in [7, 11) is 0. The van der Waals surface area contributed by atoms with Crippen LogP contribution in [0.4, 0.5) is 0 Å². The standard InChI is InChI=1S/C8H14O/c1-2-3-4-5-6-7-8-9/h2-5,9H,6-8H2,1H3/b3-2+,5-4+. The summed E-state index contributed by atoms with van der Waals surface area (Å²) in [6, 6.07) is 0. The third-order valence-corrected chi connectivity index (χ3v) is 0.969. The molecule has 0 spiro atoms.